The Morgan fingerprint density at radius 2 is 2.03 bits per heavy atom. The molecule has 1 saturated carbocycles. The van der Waals surface area contributed by atoms with Gasteiger partial charge < -0.3 is 18.8 Å². The van der Waals surface area contributed by atoms with Crippen LogP contribution in [0.3, 0.4) is 0 Å². The number of rotatable bonds is 9. The number of hydrogen-bond acceptors (Lipinski definition) is 7. The number of pyridine rings is 2. The number of nitrogens with zero attached hydrogens (tertiary/aromatic N) is 4. The minimum absolute atomic E-state index is 0.103. The monoisotopic (exact) mass is 422 g/mol. The van der Waals surface area contributed by atoms with E-state index in [1.807, 2.05) is 25.1 Å². The van der Waals surface area contributed by atoms with Crippen molar-refractivity contribution in [1.82, 2.24) is 19.5 Å². The fraction of sp³-hybridized carbons (Fsp3) is 0.391. The van der Waals surface area contributed by atoms with Gasteiger partial charge in [0.05, 0.1) is 32.1 Å². The molecular weight excluding hydrogens is 396 g/mol. The molecule has 31 heavy (non-hydrogen) atoms. The van der Waals surface area contributed by atoms with Crippen molar-refractivity contribution in [3.05, 3.63) is 64.7 Å². The number of ether oxygens (including phenoxy) is 3. The Labute approximate surface area is 180 Å². The van der Waals surface area contributed by atoms with Crippen molar-refractivity contribution in [2.45, 2.75) is 25.8 Å². The minimum atomic E-state index is -0.103. The first-order chi connectivity index (χ1) is 15.1. The summed E-state index contributed by atoms with van der Waals surface area (Å²) in [5.41, 5.74) is 2.39. The van der Waals surface area contributed by atoms with Crippen LogP contribution >= 0.6 is 0 Å². The summed E-state index contributed by atoms with van der Waals surface area (Å²) >= 11 is 0. The Hall–Kier alpha value is -3.26. The molecular formula is C23H26N4O4. The maximum absolute atomic E-state index is 12.4. The molecule has 0 aliphatic heterocycles. The van der Waals surface area contributed by atoms with Crippen LogP contribution in [0.1, 0.15) is 23.9 Å². The second-order valence-corrected chi connectivity index (χ2v) is 7.61. The van der Waals surface area contributed by atoms with Crippen molar-refractivity contribution in [2.24, 2.45) is 5.92 Å². The van der Waals surface area contributed by atoms with Gasteiger partial charge in [0.15, 0.2) is 0 Å². The van der Waals surface area contributed by atoms with E-state index in [1.165, 1.54) is 0 Å². The summed E-state index contributed by atoms with van der Waals surface area (Å²) in [6, 6.07) is 7.39. The molecule has 0 amide bonds. The molecule has 3 aromatic rings. The van der Waals surface area contributed by atoms with Gasteiger partial charge in [-0.15, -0.1) is 0 Å². The zero-order valence-corrected chi connectivity index (χ0v) is 17.9. The summed E-state index contributed by atoms with van der Waals surface area (Å²) in [6.45, 7) is 3.34. The third-order valence-electron chi connectivity index (χ3n) is 5.45. The molecule has 0 N–H and O–H groups in total. The van der Waals surface area contributed by atoms with Crippen molar-refractivity contribution < 1.29 is 14.2 Å². The maximum Gasteiger partial charge on any atom is 0.251 e. The molecule has 4 rings (SSSR count). The van der Waals surface area contributed by atoms with Crippen LogP contribution in [0.15, 0.2) is 47.7 Å². The van der Waals surface area contributed by atoms with Gasteiger partial charge in [-0.1, -0.05) is 0 Å². The first kappa shape index (κ1) is 21.0. The van der Waals surface area contributed by atoms with E-state index >= 15 is 0 Å². The molecule has 162 valence electrons. The van der Waals surface area contributed by atoms with Gasteiger partial charge in [-0.3, -0.25) is 9.78 Å². The van der Waals surface area contributed by atoms with Gasteiger partial charge >= 0.3 is 0 Å². The lowest BCUT2D eigenvalue weighted by molar-refractivity contribution is 0.186. The number of methoxy groups -OCH3 is 2. The largest absolute Gasteiger partial charge is 0.495 e. The van der Waals surface area contributed by atoms with Gasteiger partial charge in [-0.2, -0.15) is 4.98 Å². The van der Waals surface area contributed by atoms with Gasteiger partial charge in [-0.05, 0) is 37.1 Å². The summed E-state index contributed by atoms with van der Waals surface area (Å²) in [4.78, 5) is 25.7. The van der Waals surface area contributed by atoms with E-state index in [2.05, 4.69) is 15.0 Å². The number of aryl methyl sites for hydroxylation is 1. The van der Waals surface area contributed by atoms with E-state index in [0.29, 0.717) is 48.9 Å². The predicted molar refractivity (Wildman–Crippen MR) is 115 cm³/mol. The molecule has 3 heterocycles. The standard InChI is InChI=1S/C23H26N4O4/c1-15-24-13-20(16-6-7-27(8-9-29-2)22(28)11-16)23(26-15)31-14-17-10-19(17)21-5-4-18(30-3)12-25-21/h4-7,11-13,17,19H,8-10,14H2,1-3H3/t17?,19-/m1/s1. The molecule has 2 atom stereocenters. The Morgan fingerprint density at radius 3 is 2.74 bits per heavy atom. The zero-order chi connectivity index (χ0) is 21.8. The van der Waals surface area contributed by atoms with Crippen molar-refractivity contribution in [3.63, 3.8) is 0 Å². The Bertz CT molecular complexity index is 1100. The zero-order valence-electron chi connectivity index (χ0n) is 17.9. The third-order valence-corrected chi connectivity index (χ3v) is 5.45. The van der Waals surface area contributed by atoms with Gasteiger partial charge in [0.1, 0.15) is 11.6 Å². The van der Waals surface area contributed by atoms with Crippen molar-refractivity contribution in [1.29, 1.82) is 0 Å². The predicted octanol–water partition coefficient (Wildman–Crippen LogP) is 2.85. The van der Waals surface area contributed by atoms with Crippen LogP contribution in [0, 0.1) is 12.8 Å². The highest BCUT2D eigenvalue weighted by atomic mass is 16.5. The molecule has 0 spiro atoms. The van der Waals surface area contributed by atoms with Crippen LogP contribution in [0.5, 0.6) is 11.6 Å². The summed E-state index contributed by atoms with van der Waals surface area (Å²) in [5.74, 6) is 2.63. The first-order valence-corrected chi connectivity index (χ1v) is 10.2. The summed E-state index contributed by atoms with van der Waals surface area (Å²) < 4.78 is 17.9. The molecule has 1 unspecified atom stereocenters. The molecule has 1 fully saturated rings. The molecule has 0 aromatic carbocycles. The van der Waals surface area contributed by atoms with Crippen LogP contribution in [0.4, 0.5) is 0 Å². The molecule has 1 aliphatic carbocycles. The molecule has 8 heteroatoms. The second kappa shape index (κ2) is 9.26. The molecule has 0 saturated heterocycles. The first-order valence-electron chi connectivity index (χ1n) is 10.2. The Balaban J connectivity index is 1.46. The number of aromatic nitrogens is 4. The van der Waals surface area contributed by atoms with Crippen LogP contribution in [-0.4, -0.2) is 47.0 Å². The fourth-order valence-electron chi connectivity index (χ4n) is 3.52. The SMILES string of the molecule is COCCn1ccc(-c2cnc(C)nc2OCC2C[C@H]2c2ccc(OC)cn2)cc1=O. The normalized spacial score (nSPS) is 17.4. The van der Waals surface area contributed by atoms with E-state index in [4.69, 9.17) is 14.2 Å². The van der Waals surface area contributed by atoms with E-state index in [1.54, 1.807) is 43.4 Å². The lowest BCUT2D eigenvalue weighted by atomic mass is 10.1. The summed E-state index contributed by atoms with van der Waals surface area (Å²) in [7, 11) is 3.25. The lowest BCUT2D eigenvalue weighted by Gasteiger charge is -2.12. The van der Waals surface area contributed by atoms with Crippen molar-refractivity contribution in [3.8, 4) is 22.8 Å². The highest BCUT2D eigenvalue weighted by Crippen LogP contribution is 2.47. The molecule has 3 aromatic heterocycles. The van der Waals surface area contributed by atoms with E-state index < -0.39 is 0 Å². The van der Waals surface area contributed by atoms with E-state index in [9.17, 15) is 4.79 Å². The third kappa shape index (κ3) is 4.91. The maximum atomic E-state index is 12.4. The smallest absolute Gasteiger partial charge is 0.251 e. The highest BCUT2D eigenvalue weighted by Gasteiger charge is 2.40. The molecule has 0 bridgehead atoms. The molecule has 1 aliphatic rings. The average molecular weight is 422 g/mol. The van der Waals surface area contributed by atoms with Crippen LogP contribution in [-0.2, 0) is 11.3 Å². The second-order valence-electron chi connectivity index (χ2n) is 7.61. The quantitative estimate of drug-likeness (QED) is 0.524. The van der Waals surface area contributed by atoms with Crippen LogP contribution in [0.2, 0.25) is 0 Å². The van der Waals surface area contributed by atoms with Gasteiger partial charge in [0, 0.05) is 49.6 Å². The van der Waals surface area contributed by atoms with Crippen molar-refractivity contribution in [2.75, 3.05) is 27.4 Å². The molecule has 0 radical (unpaired) electrons. The minimum Gasteiger partial charge on any atom is -0.495 e. The molecule has 8 nitrogen and oxygen atoms in total. The average Bonchev–Trinajstić information content (AvgIpc) is 3.57. The summed E-state index contributed by atoms with van der Waals surface area (Å²) in [6.07, 6.45) is 6.23. The Kier molecular flexibility index (Phi) is 6.27. The number of hydrogen-bond donors (Lipinski definition) is 0. The highest BCUT2D eigenvalue weighted by molar-refractivity contribution is 5.67. The van der Waals surface area contributed by atoms with Gasteiger partial charge in [0.2, 0.25) is 5.88 Å². The van der Waals surface area contributed by atoms with Crippen molar-refractivity contribution >= 4 is 0 Å². The fourth-order valence-corrected chi connectivity index (χ4v) is 3.52. The summed E-state index contributed by atoms with van der Waals surface area (Å²) in [5, 5.41) is 0. The lowest BCUT2D eigenvalue weighted by Crippen LogP contribution is -2.20. The topological polar surface area (TPSA) is 88.4 Å². The van der Waals surface area contributed by atoms with Crippen LogP contribution in [0.25, 0.3) is 11.1 Å². The van der Waals surface area contributed by atoms with E-state index in [-0.39, 0.29) is 5.56 Å². The van der Waals surface area contributed by atoms with Crippen LogP contribution < -0.4 is 15.0 Å². The Morgan fingerprint density at radius 1 is 1.16 bits per heavy atom. The van der Waals surface area contributed by atoms with E-state index in [0.717, 1.165) is 23.4 Å². The van der Waals surface area contributed by atoms with Gasteiger partial charge in [-0.25, -0.2) is 4.98 Å². The van der Waals surface area contributed by atoms with Gasteiger partial charge in [0.25, 0.3) is 5.56 Å².